The number of benzene rings is 1. The Morgan fingerprint density at radius 2 is 2.14 bits per heavy atom. The Balaban J connectivity index is 1.66. The van der Waals surface area contributed by atoms with Gasteiger partial charge >= 0.3 is 5.97 Å². The Labute approximate surface area is 160 Å². The summed E-state index contributed by atoms with van der Waals surface area (Å²) in [5.74, 6) is -0.720. The number of allylic oxidation sites excluding steroid dienone is 3. The fourth-order valence-electron chi connectivity index (χ4n) is 3.38. The average molecular weight is 376 g/mol. The molecule has 0 bridgehead atoms. The number of carbonyl (C=O) groups is 1. The minimum absolute atomic E-state index is 0.0953. The summed E-state index contributed by atoms with van der Waals surface area (Å²) >= 11 is 0. The number of H-pyrrole nitrogens is 2. The van der Waals surface area contributed by atoms with Gasteiger partial charge in [0.05, 0.1) is 16.8 Å². The number of para-hydroxylation sites is 1. The molecule has 1 aromatic carbocycles. The molecule has 0 atom stereocenters. The number of fused-ring (bicyclic) bond motifs is 1. The zero-order valence-electron chi connectivity index (χ0n) is 15.2. The third-order valence-corrected chi connectivity index (χ3v) is 4.74. The number of hydrogen-bond donors (Lipinski definition) is 4. The van der Waals surface area contributed by atoms with E-state index in [9.17, 15) is 14.7 Å². The highest BCUT2D eigenvalue weighted by molar-refractivity contribution is 6.01. The van der Waals surface area contributed by atoms with Gasteiger partial charge in [-0.05, 0) is 37.5 Å². The Morgan fingerprint density at radius 1 is 1.25 bits per heavy atom. The number of nitrogens with one attached hydrogen (secondary N) is 3. The van der Waals surface area contributed by atoms with Crippen LogP contribution < -0.4 is 10.9 Å². The summed E-state index contributed by atoms with van der Waals surface area (Å²) in [5, 5.41) is 12.7. The Hall–Kier alpha value is -3.61. The topological polar surface area (TPSA) is 111 Å². The molecular formula is C21H20N4O3. The van der Waals surface area contributed by atoms with Crippen LogP contribution >= 0.6 is 0 Å². The molecule has 1 aliphatic rings. The fourth-order valence-corrected chi connectivity index (χ4v) is 3.38. The minimum Gasteiger partial charge on any atom is -0.478 e. The van der Waals surface area contributed by atoms with Crippen LogP contribution in [0, 0.1) is 0 Å². The highest BCUT2D eigenvalue weighted by Gasteiger charge is 2.17. The minimum atomic E-state index is -1.06. The van der Waals surface area contributed by atoms with Gasteiger partial charge in [0.2, 0.25) is 0 Å². The zero-order valence-corrected chi connectivity index (χ0v) is 15.2. The van der Waals surface area contributed by atoms with Gasteiger partial charge in [-0.25, -0.2) is 9.78 Å². The molecule has 142 valence electrons. The van der Waals surface area contributed by atoms with E-state index in [0.717, 1.165) is 19.3 Å². The van der Waals surface area contributed by atoms with Crippen LogP contribution in [0.25, 0.3) is 22.4 Å². The summed E-state index contributed by atoms with van der Waals surface area (Å²) in [7, 11) is 0. The highest BCUT2D eigenvalue weighted by Crippen LogP contribution is 2.26. The van der Waals surface area contributed by atoms with Crippen molar-refractivity contribution < 1.29 is 9.90 Å². The molecule has 0 fully saturated rings. The maximum atomic E-state index is 12.5. The molecule has 7 heteroatoms. The number of nitrogens with zero attached hydrogens (tertiary/aromatic N) is 1. The molecule has 0 amide bonds. The number of aromatic amines is 2. The van der Waals surface area contributed by atoms with Crippen LogP contribution in [0.2, 0.25) is 0 Å². The molecule has 4 rings (SSSR count). The van der Waals surface area contributed by atoms with Gasteiger partial charge in [-0.3, -0.25) is 4.79 Å². The SMILES string of the molecule is O=C(O)c1cccc2[nH]c(-c3c(NCCC4=CCCC=C4)cc[nH]c3=O)nc12. The second kappa shape index (κ2) is 7.56. The van der Waals surface area contributed by atoms with Gasteiger partial charge in [-0.2, -0.15) is 0 Å². The molecule has 2 heterocycles. The number of imidazole rings is 1. The second-order valence-corrected chi connectivity index (χ2v) is 6.62. The normalized spacial score (nSPS) is 13.5. The van der Waals surface area contributed by atoms with Crippen molar-refractivity contribution in [3.63, 3.8) is 0 Å². The van der Waals surface area contributed by atoms with Crippen LogP contribution in [0.1, 0.15) is 29.6 Å². The molecule has 3 aromatic rings. The third-order valence-electron chi connectivity index (χ3n) is 4.74. The molecule has 0 saturated carbocycles. The van der Waals surface area contributed by atoms with Gasteiger partial charge in [0.1, 0.15) is 16.9 Å². The smallest absolute Gasteiger partial charge is 0.337 e. The molecule has 0 unspecified atom stereocenters. The predicted octanol–water partition coefficient (Wildman–Crippen LogP) is 3.69. The summed E-state index contributed by atoms with van der Waals surface area (Å²) in [6.07, 6.45) is 11.1. The van der Waals surface area contributed by atoms with Crippen LogP contribution in [0.4, 0.5) is 5.69 Å². The summed E-state index contributed by atoms with van der Waals surface area (Å²) in [4.78, 5) is 34.1. The predicted molar refractivity (Wildman–Crippen MR) is 109 cm³/mol. The Kier molecular flexibility index (Phi) is 4.80. The van der Waals surface area contributed by atoms with Crippen molar-refractivity contribution in [3.8, 4) is 11.4 Å². The van der Waals surface area contributed by atoms with Gasteiger partial charge in [0.25, 0.3) is 5.56 Å². The number of pyridine rings is 1. The average Bonchev–Trinajstić information content (AvgIpc) is 3.12. The van der Waals surface area contributed by atoms with Gasteiger partial charge in [-0.15, -0.1) is 0 Å². The molecule has 0 saturated heterocycles. The molecule has 4 N–H and O–H groups in total. The molecule has 0 radical (unpaired) electrons. The van der Waals surface area contributed by atoms with E-state index < -0.39 is 5.97 Å². The highest BCUT2D eigenvalue weighted by atomic mass is 16.4. The van der Waals surface area contributed by atoms with E-state index in [2.05, 4.69) is 38.5 Å². The van der Waals surface area contributed by atoms with Crippen molar-refractivity contribution in [1.82, 2.24) is 15.0 Å². The summed E-state index contributed by atoms with van der Waals surface area (Å²) in [5.41, 5.74) is 3.00. The van der Waals surface area contributed by atoms with Gasteiger partial charge in [0.15, 0.2) is 0 Å². The molecule has 0 aliphatic heterocycles. The van der Waals surface area contributed by atoms with Crippen molar-refractivity contribution in [2.75, 3.05) is 11.9 Å². The summed E-state index contributed by atoms with van der Waals surface area (Å²) in [6.45, 7) is 0.674. The van der Waals surface area contributed by atoms with Crippen molar-refractivity contribution in [2.45, 2.75) is 19.3 Å². The van der Waals surface area contributed by atoms with Crippen molar-refractivity contribution in [1.29, 1.82) is 0 Å². The Bertz CT molecular complexity index is 1150. The number of aromatic nitrogens is 3. The largest absolute Gasteiger partial charge is 0.478 e. The number of anilines is 1. The van der Waals surface area contributed by atoms with Crippen molar-refractivity contribution in [2.24, 2.45) is 0 Å². The quantitative estimate of drug-likeness (QED) is 0.524. The Morgan fingerprint density at radius 3 is 2.93 bits per heavy atom. The maximum Gasteiger partial charge on any atom is 0.337 e. The summed E-state index contributed by atoms with van der Waals surface area (Å²) < 4.78 is 0. The first-order valence-corrected chi connectivity index (χ1v) is 9.17. The molecule has 0 spiro atoms. The number of carboxylic acid groups (broad SMARTS) is 1. The standard InChI is InChI=1S/C21H20N4O3/c26-20-17(19-24-16-8-4-7-14(21(27)28)18(16)25-19)15(10-12-23-20)22-11-9-13-5-2-1-3-6-13/h2,4-8,10,12H,1,3,9,11H2,(H,24,25)(H,27,28)(H2,22,23,26). The lowest BCUT2D eigenvalue weighted by atomic mass is 10.0. The van der Waals surface area contributed by atoms with Crippen LogP contribution in [-0.2, 0) is 0 Å². The van der Waals surface area contributed by atoms with E-state index in [1.54, 1.807) is 24.4 Å². The van der Waals surface area contributed by atoms with E-state index >= 15 is 0 Å². The van der Waals surface area contributed by atoms with E-state index in [1.807, 2.05) is 0 Å². The number of aromatic carboxylic acids is 1. The number of hydrogen-bond acceptors (Lipinski definition) is 4. The first-order valence-electron chi connectivity index (χ1n) is 9.17. The van der Waals surface area contributed by atoms with Gasteiger partial charge in [-0.1, -0.05) is 29.9 Å². The molecule has 28 heavy (non-hydrogen) atoms. The van der Waals surface area contributed by atoms with E-state index in [4.69, 9.17) is 0 Å². The monoisotopic (exact) mass is 376 g/mol. The van der Waals surface area contributed by atoms with Crippen molar-refractivity contribution in [3.05, 3.63) is 70.2 Å². The lowest BCUT2D eigenvalue weighted by Gasteiger charge is -2.11. The number of carboxylic acids is 1. The number of rotatable bonds is 6. The first-order chi connectivity index (χ1) is 13.6. The van der Waals surface area contributed by atoms with E-state index in [1.165, 1.54) is 11.6 Å². The fraction of sp³-hybridized carbons (Fsp3) is 0.190. The molecular weight excluding hydrogens is 356 g/mol. The van der Waals surface area contributed by atoms with Crippen LogP contribution in [-0.4, -0.2) is 32.6 Å². The zero-order chi connectivity index (χ0) is 19.5. The lowest BCUT2D eigenvalue weighted by Crippen LogP contribution is -2.14. The van der Waals surface area contributed by atoms with E-state index in [0.29, 0.717) is 34.7 Å². The second-order valence-electron chi connectivity index (χ2n) is 6.62. The van der Waals surface area contributed by atoms with Gasteiger partial charge < -0.3 is 20.4 Å². The first kappa shape index (κ1) is 17.8. The van der Waals surface area contributed by atoms with Gasteiger partial charge in [0, 0.05) is 12.7 Å². The maximum absolute atomic E-state index is 12.5. The van der Waals surface area contributed by atoms with Crippen LogP contribution in [0.3, 0.4) is 0 Å². The lowest BCUT2D eigenvalue weighted by molar-refractivity contribution is 0.0699. The van der Waals surface area contributed by atoms with Crippen LogP contribution in [0.15, 0.2) is 59.1 Å². The molecule has 2 aromatic heterocycles. The van der Waals surface area contributed by atoms with E-state index in [-0.39, 0.29) is 11.1 Å². The summed E-state index contributed by atoms with van der Waals surface area (Å²) in [6, 6.07) is 6.67. The van der Waals surface area contributed by atoms with Crippen molar-refractivity contribution >= 4 is 22.7 Å². The molecule has 1 aliphatic carbocycles. The van der Waals surface area contributed by atoms with Crippen LogP contribution in [0.5, 0.6) is 0 Å². The third kappa shape index (κ3) is 3.46. The molecule has 7 nitrogen and oxygen atoms in total.